The predicted molar refractivity (Wildman–Crippen MR) is 237 cm³/mol. The van der Waals surface area contributed by atoms with Crippen LogP contribution in [-0.4, -0.2) is 92.8 Å². The molecule has 0 aromatic carbocycles. The summed E-state index contributed by atoms with van der Waals surface area (Å²) in [6.45, 7) is 1.30. The minimum Gasteiger partial charge on any atom is -0.462 e. The summed E-state index contributed by atoms with van der Waals surface area (Å²) in [5, 5.41) is 29.9. The van der Waals surface area contributed by atoms with Gasteiger partial charge >= 0.3 is 27.6 Å². The maximum absolute atomic E-state index is 12.7. The van der Waals surface area contributed by atoms with Crippen LogP contribution >= 0.6 is 15.6 Å². The number of ether oxygens (including phenoxy) is 2. The maximum Gasteiger partial charge on any atom is 0.472 e. The zero-order chi connectivity index (χ0) is 45.5. The molecule has 0 amide bonds. The molecule has 0 radical (unpaired) electrons. The van der Waals surface area contributed by atoms with Crippen LogP contribution in [0.25, 0.3) is 0 Å². The van der Waals surface area contributed by atoms with Gasteiger partial charge in [-0.3, -0.25) is 23.2 Å². The number of rotatable bonds is 39. The number of unbranched alkanes of at least 4 members (excludes halogenated alkanes) is 7. The first kappa shape index (κ1) is 58.2. The standard InChI is InChI=1S/C44H74O15P2/c1-3-5-7-8-9-10-11-12-13-14-15-16-20-23-27-33-43(48)55-37-42(38-58-61(53,54)57-36-41(47)35-56-60(50,51)52)59-44(49)34-28-32-40(46)31-26-22-19-17-18-21-25-30-39(45)29-24-6-4-2/h9-10,12-13,15-16,18-19,21-22,25-26,30-31,39-42,45-47H,3-8,11,14,17,20,23-24,27-29,32-38H2,1-2H3,(H,53,54)(H2,50,51,52)/b10-9-,13-12-,16-15-,21-18-,22-19-,30-25+,31-26+/t39-,40-,41+,42-/m1/s1. The molecule has 0 heterocycles. The summed E-state index contributed by atoms with van der Waals surface area (Å²) in [6.07, 6.45) is 36.5. The molecule has 0 aliphatic carbocycles. The molecule has 350 valence electrons. The van der Waals surface area contributed by atoms with E-state index in [1.807, 2.05) is 24.3 Å². The Kier molecular flexibility index (Phi) is 37.1. The van der Waals surface area contributed by atoms with Crippen molar-refractivity contribution < 1.29 is 71.8 Å². The molecule has 0 aliphatic heterocycles. The molecule has 0 bridgehead atoms. The van der Waals surface area contributed by atoms with E-state index in [2.05, 4.69) is 59.4 Å². The van der Waals surface area contributed by atoms with E-state index < -0.39 is 78.4 Å². The van der Waals surface area contributed by atoms with Gasteiger partial charge in [-0.15, -0.1) is 0 Å². The molecule has 0 aliphatic rings. The largest absolute Gasteiger partial charge is 0.472 e. The number of hydrogen-bond donors (Lipinski definition) is 6. The van der Waals surface area contributed by atoms with Crippen molar-refractivity contribution in [3.05, 3.63) is 85.1 Å². The molecule has 0 saturated carbocycles. The summed E-state index contributed by atoms with van der Waals surface area (Å²) >= 11 is 0. The molecule has 1 unspecified atom stereocenters. The Morgan fingerprint density at radius 2 is 1.03 bits per heavy atom. The Morgan fingerprint density at radius 1 is 0.541 bits per heavy atom. The second-order valence-electron chi connectivity index (χ2n) is 14.3. The molecular formula is C44H74O15P2. The van der Waals surface area contributed by atoms with Crippen molar-refractivity contribution in [1.82, 2.24) is 0 Å². The average molecular weight is 905 g/mol. The first-order valence-electron chi connectivity index (χ1n) is 21.5. The van der Waals surface area contributed by atoms with Gasteiger partial charge in [-0.2, -0.15) is 0 Å². The summed E-state index contributed by atoms with van der Waals surface area (Å²) in [5.41, 5.74) is 0. The highest BCUT2D eigenvalue weighted by Crippen LogP contribution is 2.43. The first-order chi connectivity index (χ1) is 29.2. The topological polar surface area (TPSA) is 236 Å². The number of allylic oxidation sites excluding steroid dienone is 12. The van der Waals surface area contributed by atoms with E-state index in [4.69, 9.17) is 23.8 Å². The van der Waals surface area contributed by atoms with Crippen LogP contribution < -0.4 is 0 Å². The van der Waals surface area contributed by atoms with Crippen LogP contribution in [-0.2, 0) is 41.8 Å². The smallest absolute Gasteiger partial charge is 0.462 e. The maximum atomic E-state index is 12.7. The number of carbonyl (C=O) groups excluding carboxylic acids is 2. The molecule has 5 atom stereocenters. The number of aliphatic hydroxyl groups is 3. The van der Waals surface area contributed by atoms with E-state index in [9.17, 15) is 38.9 Å². The van der Waals surface area contributed by atoms with Crippen molar-refractivity contribution in [3.63, 3.8) is 0 Å². The molecule has 17 heteroatoms. The van der Waals surface area contributed by atoms with Gasteiger partial charge in [0.1, 0.15) is 12.7 Å². The normalized spacial score (nSPS) is 15.9. The van der Waals surface area contributed by atoms with Crippen molar-refractivity contribution >= 4 is 27.6 Å². The third-order valence-electron chi connectivity index (χ3n) is 8.45. The van der Waals surface area contributed by atoms with Crippen LogP contribution in [0.5, 0.6) is 0 Å². The second-order valence-corrected chi connectivity index (χ2v) is 17.0. The van der Waals surface area contributed by atoms with Crippen LogP contribution in [0.4, 0.5) is 0 Å². The Labute approximate surface area is 363 Å². The van der Waals surface area contributed by atoms with Crippen LogP contribution in [0, 0.1) is 0 Å². The minimum atomic E-state index is -4.90. The average Bonchev–Trinajstić information content (AvgIpc) is 3.21. The van der Waals surface area contributed by atoms with Crippen LogP contribution in [0.1, 0.15) is 129 Å². The van der Waals surface area contributed by atoms with Gasteiger partial charge in [-0.1, -0.05) is 131 Å². The molecule has 0 saturated heterocycles. The monoisotopic (exact) mass is 904 g/mol. The van der Waals surface area contributed by atoms with E-state index in [0.717, 1.165) is 57.8 Å². The Hall–Kier alpha value is -2.78. The quantitative estimate of drug-likeness (QED) is 0.0111. The highest BCUT2D eigenvalue weighted by Gasteiger charge is 2.28. The fraction of sp³-hybridized carbons (Fsp3) is 0.636. The zero-order valence-corrected chi connectivity index (χ0v) is 38.0. The molecule has 0 rings (SSSR count). The lowest BCUT2D eigenvalue weighted by Crippen LogP contribution is -2.30. The highest BCUT2D eigenvalue weighted by molar-refractivity contribution is 7.47. The molecular weight excluding hydrogens is 830 g/mol. The number of phosphoric ester groups is 2. The van der Waals surface area contributed by atoms with Gasteiger partial charge in [-0.05, 0) is 70.6 Å². The fourth-order valence-corrected chi connectivity index (χ4v) is 6.25. The second kappa shape index (κ2) is 38.9. The summed E-state index contributed by atoms with van der Waals surface area (Å²) in [4.78, 5) is 52.7. The molecule has 0 fully saturated rings. The van der Waals surface area contributed by atoms with Gasteiger partial charge in [0.25, 0.3) is 0 Å². The van der Waals surface area contributed by atoms with Crippen LogP contribution in [0.15, 0.2) is 85.1 Å². The molecule has 15 nitrogen and oxygen atoms in total. The van der Waals surface area contributed by atoms with Gasteiger partial charge in [-0.25, -0.2) is 9.13 Å². The third-order valence-corrected chi connectivity index (χ3v) is 9.89. The van der Waals surface area contributed by atoms with E-state index in [0.29, 0.717) is 12.8 Å². The number of aliphatic hydroxyl groups excluding tert-OH is 3. The molecule has 6 N–H and O–H groups in total. The fourth-order valence-electron chi connectivity index (χ4n) is 5.10. The lowest BCUT2D eigenvalue weighted by Gasteiger charge is -2.20. The van der Waals surface area contributed by atoms with Gasteiger partial charge in [0, 0.05) is 12.8 Å². The van der Waals surface area contributed by atoms with Crippen molar-refractivity contribution in [2.45, 2.75) is 154 Å². The molecule has 0 aromatic heterocycles. The van der Waals surface area contributed by atoms with Crippen LogP contribution in [0.3, 0.4) is 0 Å². The van der Waals surface area contributed by atoms with Gasteiger partial charge in [0.2, 0.25) is 0 Å². The van der Waals surface area contributed by atoms with E-state index in [-0.39, 0.29) is 25.7 Å². The van der Waals surface area contributed by atoms with Gasteiger partial charge in [0.05, 0.1) is 32.0 Å². The summed E-state index contributed by atoms with van der Waals surface area (Å²) in [5.74, 6) is -1.31. The van der Waals surface area contributed by atoms with E-state index in [1.165, 1.54) is 19.3 Å². The zero-order valence-electron chi connectivity index (χ0n) is 36.2. The Morgan fingerprint density at radius 3 is 1.62 bits per heavy atom. The van der Waals surface area contributed by atoms with E-state index in [1.54, 1.807) is 24.3 Å². The number of carbonyl (C=O) groups is 2. The lowest BCUT2D eigenvalue weighted by molar-refractivity contribution is -0.161. The number of phosphoric acid groups is 2. The summed E-state index contributed by atoms with van der Waals surface area (Å²) in [6, 6.07) is 0. The SMILES string of the molecule is CCCCC/C=C\C/C=C\C/C=C\CCCCC(=O)OC[C@H](COP(=O)(O)OC[C@@H](O)COP(=O)(O)O)OC(=O)CCC[C@H](O)/C=C/C=C\C/C=C\C=C\[C@H](O)CCCCC. The summed E-state index contributed by atoms with van der Waals surface area (Å²) < 4.78 is 47.5. The predicted octanol–water partition coefficient (Wildman–Crippen LogP) is 8.72. The van der Waals surface area contributed by atoms with Crippen molar-refractivity contribution in [2.75, 3.05) is 26.4 Å². The van der Waals surface area contributed by atoms with Crippen molar-refractivity contribution in [1.29, 1.82) is 0 Å². The highest BCUT2D eigenvalue weighted by atomic mass is 31.2. The first-order valence-corrected chi connectivity index (χ1v) is 24.5. The molecule has 0 aromatic rings. The molecule has 61 heavy (non-hydrogen) atoms. The van der Waals surface area contributed by atoms with Gasteiger partial charge < -0.3 is 39.5 Å². The van der Waals surface area contributed by atoms with E-state index >= 15 is 0 Å². The van der Waals surface area contributed by atoms with Crippen LogP contribution in [0.2, 0.25) is 0 Å². The molecule has 0 spiro atoms. The van der Waals surface area contributed by atoms with Gasteiger partial charge in [0.15, 0.2) is 6.10 Å². The van der Waals surface area contributed by atoms with Crippen molar-refractivity contribution in [3.8, 4) is 0 Å². The van der Waals surface area contributed by atoms with Crippen molar-refractivity contribution in [2.24, 2.45) is 0 Å². The Bertz CT molecular complexity index is 1430. The Balaban J connectivity index is 4.85. The third kappa shape index (κ3) is 42.3. The lowest BCUT2D eigenvalue weighted by atomic mass is 10.1. The minimum absolute atomic E-state index is 0.0922. The number of hydrogen-bond acceptors (Lipinski definition) is 12. The summed E-state index contributed by atoms with van der Waals surface area (Å²) in [7, 11) is -9.78. The number of esters is 2.